The summed E-state index contributed by atoms with van der Waals surface area (Å²) in [6.45, 7) is 4.59. The maximum absolute atomic E-state index is 2.49. The highest BCUT2D eigenvalue weighted by atomic mass is 15.0. The van der Waals surface area contributed by atoms with Crippen LogP contribution in [-0.4, -0.2) is 4.57 Å². The van der Waals surface area contributed by atoms with Gasteiger partial charge in [-0.25, -0.2) is 0 Å². The topological polar surface area (TPSA) is 4.93 Å². The largest absolute Gasteiger partial charge is 0.309 e. The first kappa shape index (κ1) is 25.6. The van der Waals surface area contributed by atoms with Gasteiger partial charge in [-0.3, -0.25) is 0 Å². The molecule has 0 aliphatic rings. The van der Waals surface area contributed by atoms with Crippen LogP contribution >= 0.6 is 0 Å². The van der Waals surface area contributed by atoms with Crippen molar-refractivity contribution < 1.29 is 0 Å². The third-order valence-electron chi connectivity index (χ3n) is 10.3. The summed E-state index contributed by atoms with van der Waals surface area (Å²) >= 11 is 0. The van der Waals surface area contributed by atoms with E-state index >= 15 is 0 Å². The first-order chi connectivity index (χ1) is 22.7. The molecule has 0 aliphatic heterocycles. The normalized spacial score (nSPS) is 12.3. The molecule has 0 aliphatic carbocycles. The molecule has 0 saturated heterocycles. The molecule has 0 fully saturated rings. The number of rotatable bonds is 2. The van der Waals surface area contributed by atoms with Crippen molar-refractivity contribution in [2.45, 2.75) is 19.8 Å². The lowest BCUT2D eigenvalue weighted by molar-refractivity contribution is 0.869. The summed E-state index contributed by atoms with van der Waals surface area (Å²) in [6, 6.07) is 54.5. The van der Waals surface area contributed by atoms with Crippen molar-refractivity contribution >= 4 is 86.4 Å². The third-order valence-corrected chi connectivity index (χ3v) is 10.3. The van der Waals surface area contributed by atoms with Crippen molar-refractivity contribution in [3.63, 3.8) is 0 Å². The number of fused-ring (bicyclic) bond motifs is 15. The molecule has 0 amide bonds. The van der Waals surface area contributed by atoms with Crippen LogP contribution in [-0.2, 0) is 0 Å². The molecule has 216 valence electrons. The van der Waals surface area contributed by atoms with E-state index in [0.717, 1.165) is 0 Å². The summed E-state index contributed by atoms with van der Waals surface area (Å²) in [7, 11) is 0. The van der Waals surface area contributed by atoms with Gasteiger partial charge >= 0.3 is 0 Å². The van der Waals surface area contributed by atoms with E-state index in [4.69, 9.17) is 0 Å². The van der Waals surface area contributed by atoms with Crippen LogP contribution in [0.1, 0.15) is 25.3 Å². The molecule has 0 saturated carbocycles. The highest BCUT2D eigenvalue weighted by Crippen LogP contribution is 2.45. The zero-order chi connectivity index (χ0) is 30.5. The Morgan fingerprint density at radius 3 is 1.37 bits per heavy atom. The van der Waals surface area contributed by atoms with Gasteiger partial charge in [-0.1, -0.05) is 117 Å². The lowest BCUT2D eigenvalue weighted by Crippen LogP contribution is -1.94. The number of nitrogens with zero attached hydrogens (tertiary/aromatic N) is 1. The van der Waals surface area contributed by atoms with E-state index in [1.807, 2.05) is 0 Å². The highest BCUT2D eigenvalue weighted by molar-refractivity contribution is 6.34. The van der Waals surface area contributed by atoms with Gasteiger partial charge < -0.3 is 4.57 Å². The molecule has 1 nitrogen and oxygen atoms in total. The van der Waals surface area contributed by atoms with Gasteiger partial charge in [0, 0.05) is 16.5 Å². The van der Waals surface area contributed by atoms with E-state index < -0.39 is 0 Å². The van der Waals surface area contributed by atoms with Crippen LogP contribution in [0.2, 0.25) is 0 Å². The minimum atomic E-state index is 0.448. The van der Waals surface area contributed by atoms with Gasteiger partial charge in [0.05, 0.1) is 11.0 Å². The van der Waals surface area contributed by atoms with Gasteiger partial charge in [0.15, 0.2) is 0 Å². The van der Waals surface area contributed by atoms with Crippen molar-refractivity contribution in [2.75, 3.05) is 0 Å². The van der Waals surface area contributed by atoms with Crippen molar-refractivity contribution in [3.8, 4) is 5.69 Å². The lowest BCUT2D eigenvalue weighted by Gasteiger charge is -2.17. The molecule has 0 radical (unpaired) electrons. The number of benzene rings is 9. The predicted octanol–water partition coefficient (Wildman–Crippen LogP) is 12.8. The second-order valence-electron chi connectivity index (χ2n) is 13.1. The summed E-state index contributed by atoms with van der Waals surface area (Å²) in [5.74, 6) is 0.448. The minimum absolute atomic E-state index is 0.448. The molecule has 1 heteroatoms. The van der Waals surface area contributed by atoms with Crippen LogP contribution in [0.25, 0.3) is 92.1 Å². The number of aromatic nitrogens is 1. The molecule has 0 unspecified atom stereocenters. The third kappa shape index (κ3) is 3.46. The fourth-order valence-electron chi connectivity index (χ4n) is 8.09. The van der Waals surface area contributed by atoms with E-state index in [1.165, 1.54) is 97.7 Å². The molecule has 0 N–H and O–H groups in total. The molecule has 1 aromatic heterocycles. The first-order valence-corrected chi connectivity index (χ1v) is 16.3. The predicted molar refractivity (Wildman–Crippen MR) is 200 cm³/mol. The molecule has 1 heterocycles. The second-order valence-corrected chi connectivity index (χ2v) is 13.1. The Labute approximate surface area is 266 Å². The minimum Gasteiger partial charge on any atom is -0.309 e. The van der Waals surface area contributed by atoms with E-state index in [1.54, 1.807) is 0 Å². The zero-order valence-corrected chi connectivity index (χ0v) is 25.9. The fourth-order valence-corrected chi connectivity index (χ4v) is 8.09. The van der Waals surface area contributed by atoms with Gasteiger partial charge in [0.25, 0.3) is 0 Å². The Morgan fingerprint density at radius 1 is 0.326 bits per heavy atom. The monoisotopic (exact) mass is 585 g/mol. The number of hydrogen-bond acceptors (Lipinski definition) is 0. The van der Waals surface area contributed by atoms with Gasteiger partial charge in [0.2, 0.25) is 0 Å². The molecule has 10 aromatic rings. The van der Waals surface area contributed by atoms with E-state index in [-0.39, 0.29) is 0 Å². The van der Waals surface area contributed by atoms with Crippen molar-refractivity contribution in [1.29, 1.82) is 0 Å². The van der Waals surface area contributed by atoms with Gasteiger partial charge in [-0.15, -0.1) is 0 Å². The van der Waals surface area contributed by atoms with E-state index in [9.17, 15) is 0 Å². The molecule has 0 spiro atoms. The quantitative estimate of drug-likeness (QED) is 0.140. The van der Waals surface area contributed by atoms with Crippen LogP contribution in [0.4, 0.5) is 0 Å². The average Bonchev–Trinajstić information content (AvgIpc) is 3.44. The van der Waals surface area contributed by atoms with Gasteiger partial charge in [0.1, 0.15) is 0 Å². The molecular formula is C45H31N. The van der Waals surface area contributed by atoms with Crippen LogP contribution in [0.15, 0.2) is 146 Å². The average molecular weight is 586 g/mol. The fraction of sp³-hybridized carbons (Fsp3) is 0.0667. The van der Waals surface area contributed by atoms with Gasteiger partial charge in [-0.05, 0) is 119 Å². The SMILES string of the molecule is CC(C)c1ccc2c(c1)c1cc3c4ccccc4c4ccccc4c3cc1c1cc3c4ccccc4n(-c4ccccc4)c3cc21. The summed E-state index contributed by atoms with van der Waals surface area (Å²) in [6.07, 6.45) is 0. The Kier molecular flexibility index (Phi) is 5.25. The summed E-state index contributed by atoms with van der Waals surface area (Å²) in [5, 5.41) is 18.3. The maximum Gasteiger partial charge on any atom is 0.0547 e. The molecule has 10 rings (SSSR count). The summed E-state index contributed by atoms with van der Waals surface area (Å²) in [4.78, 5) is 0. The zero-order valence-electron chi connectivity index (χ0n) is 25.9. The smallest absolute Gasteiger partial charge is 0.0547 e. The first-order valence-electron chi connectivity index (χ1n) is 16.3. The van der Waals surface area contributed by atoms with Crippen LogP contribution in [0, 0.1) is 0 Å². The standard InChI is InChI=1S/C45H31N/c1-27(2)28-20-21-34-36(22-28)39-23-37-32-16-8-6-14-30(32)31-15-7-9-17-33(31)38(37)24-40(39)41-25-43-35-18-10-11-19-44(35)46(45(43)26-42(34)41)29-12-4-3-5-13-29/h3-27H,1-2H3. The number of hydrogen-bond donors (Lipinski definition) is 0. The Bertz CT molecular complexity index is 2870. The van der Waals surface area contributed by atoms with Crippen LogP contribution < -0.4 is 0 Å². The van der Waals surface area contributed by atoms with Crippen LogP contribution in [0.3, 0.4) is 0 Å². The van der Waals surface area contributed by atoms with Crippen molar-refractivity contribution in [2.24, 2.45) is 0 Å². The van der Waals surface area contributed by atoms with Crippen molar-refractivity contribution in [1.82, 2.24) is 4.57 Å². The Balaban J connectivity index is 1.47. The van der Waals surface area contributed by atoms with E-state index in [0.29, 0.717) is 5.92 Å². The van der Waals surface area contributed by atoms with Crippen molar-refractivity contribution in [3.05, 3.63) is 151 Å². The highest BCUT2D eigenvalue weighted by Gasteiger charge is 2.18. The Morgan fingerprint density at radius 2 is 0.761 bits per heavy atom. The number of para-hydroxylation sites is 2. The van der Waals surface area contributed by atoms with Crippen LogP contribution in [0.5, 0.6) is 0 Å². The lowest BCUT2D eigenvalue weighted by atomic mass is 9.87. The summed E-state index contributed by atoms with van der Waals surface area (Å²) < 4.78 is 2.43. The molecular weight excluding hydrogens is 555 g/mol. The molecule has 9 aromatic carbocycles. The Hall–Kier alpha value is -5.66. The second kappa shape index (κ2) is 9.42. The molecule has 0 bridgehead atoms. The van der Waals surface area contributed by atoms with Gasteiger partial charge in [-0.2, -0.15) is 0 Å². The molecule has 46 heavy (non-hydrogen) atoms. The van der Waals surface area contributed by atoms with E-state index in [2.05, 4.69) is 164 Å². The maximum atomic E-state index is 2.49. The molecule has 0 atom stereocenters. The summed E-state index contributed by atoms with van der Waals surface area (Å²) in [5.41, 5.74) is 5.03.